The second-order valence-corrected chi connectivity index (χ2v) is 8.48. The van der Waals surface area contributed by atoms with E-state index in [1.165, 1.54) is 50.4 Å². The van der Waals surface area contributed by atoms with Gasteiger partial charge in [-0.3, -0.25) is 4.79 Å². The van der Waals surface area contributed by atoms with Crippen LogP contribution in [0, 0.1) is 0 Å². The first-order valence-electron chi connectivity index (χ1n) is 11.5. The minimum atomic E-state index is -5.01. The Morgan fingerprint density at radius 1 is 1.00 bits per heavy atom. The third kappa shape index (κ3) is 5.75. The van der Waals surface area contributed by atoms with E-state index in [4.69, 9.17) is 23.4 Å². The van der Waals surface area contributed by atoms with E-state index in [-0.39, 0.29) is 28.6 Å². The average Bonchev–Trinajstić information content (AvgIpc) is 2.86. The number of methoxy groups -OCH3 is 1. The lowest BCUT2D eigenvalue weighted by atomic mass is 9.98. The molecule has 0 aliphatic heterocycles. The van der Waals surface area contributed by atoms with Gasteiger partial charge in [0.1, 0.15) is 28.9 Å². The molecule has 0 N–H and O–H groups in total. The van der Waals surface area contributed by atoms with E-state index in [0.29, 0.717) is 5.75 Å². The van der Waals surface area contributed by atoms with Crippen molar-refractivity contribution in [3.63, 3.8) is 0 Å². The molecule has 0 saturated heterocycles. The second kappa shape index (κ2) is 10.5. The number of carbonyl (C=O) groups excluding carboxylic acids is 1. The number of benzene rings is 2. The maximum atomic E-state index is 13.8. The van der Waals surface area contributed by atoms with Gasteiger partial charge in [0.15, 0.2) is 6.10 Å². The average molecular weight is 506 g/mol. The fourth-order valence-electron chi connectivity index (χ4n) is 3.97. The van der Waals surface area contributed by atoms with E-state index in [0.717, 1.165) is 38.2 Å². The molecule has 36 heavy (non-hydrogen) atoms. The van der Waals surface area contributed by atoms with Crippen molar-refractivity contribution in [2.24, 2.45) is 0 Å². The van der Waals surface area contributed by atoms with Crippen LogP contribution in [-0.4, -0.2) is 25.3 Å². The lowest BCUT2D eigenvalue weighted by molar-refractivity contribution is -0.158. The molecule has 1 atom stereocenters. The summed E-state index contributed by atoms with van der Waals surface area (Å²) < 4.78 is 67.8. The van der Waals surface area contributed by atoms with Gasteiger partial charge in [0, 0.05) is 6.07 Å². The van der Waals surface area contributed by atoms with Crippen molar-refractivity contribution >= 4 is 16.9 Å². The van der Waals surface area contributed by atoms with Crippen molar-refractivity contribution in [1.82, 2.24) is 0 Å². The summed E-state index contributed by atoms with van der Waals surface area (Å²) in [7, 11) is 1.44. The third-order valence-electron chi connectivity index (χ3n) is 5.84. The highest BCUT2D eigenvalue weighted by atomic mass is 19.4. The zero-order chi connectivity index (χ0) is 25.9. The summed E-state index contributed by atoms with van der Waals surface area (Å²) in [5, 5.41) is -0.142. The van der Waals surface area contributed by atoms with E-state index in [9.17, 15) is 22.8 Å². The van der Waals surface area contributed by atoms with E-state index in [1.807, 2.05) is 0 Å². The molecule has 2 aromatic carbocycles. The molecule has 1 aliphatic rings. The number of halogens is 3. The lowest BCUT2D eigenvalue weighted by Crippen LogP contribution is -2.31. The summed E-state index contributed by atoms with van der Waals surface area (Å²) >= 11 is 0. The van der Waals surface area contributed by atoms with Crippen LogP contribution in [0.5, 0.6) is 23.0 Å². The van der Waals surface area contributed by atoms with Crippen LogP contribution in [0.15, 0.2) is 51.7 Å². The first-order chi connectivity index (χ1) is 17.2. The molecule has 1 aromatic heterocycles. The number of hydrogen-bond donors (Lipinski definition) is 0. The molecule has 1 fully saturated rings. The summed E-state index contributed by atoms with van der Waals surface area (Å²) in [5.74, 6) is -2.62. The minimum Gasteiger partial charge on any atom is -0.497 e. The fourth-order valence-corrected chi connectivity index (χ4v) is 3.97. The number of ether oxygens (including phenoxy) is 4. The highest BCUT2D eigenvalue weighted by molar-refractivity contribution is 5.80. The first-order valence-corrected chi connectivity index (χ1v) is 11.5. The molecule has 10 heteroatoms. The predicted octanol–water partition coefficient (Wildman–Crippen LogP) is 6.26. The Hall–Kier alpha value is -3.69. The standard InChI is InChI=1S/C26H25F3O7/c1-15(25(31)35-17-6-4-3-5-7-17)33-19-12-13-20-21(14-19)36-24(26(27,28)29)23(22(20)30)34-18-10-8-16(32-2)9-11-18/h8-15,17H,3-7H2,1-2H3/t15-/m1/s1. The molecule has 1 saturated carbocycles. The van der Waals surface area contributed by atoms with Crippen LogP contribution < -0.4 is 19.6 Å². The van der Waals surface area contributed by atoms with Gasteiger partial charge in [-0.25, -0.2) is 4.79 Å². The van der Waals surface area contributed by atoms with Gasteiger partial charge in [-0.05, 0) is 69.0 Å². The maximum absolute atomic E-state index is 13.8. The molecule has 0 amide bonds. The maximum Gasteiger partial charge on any atom is 0.453 e. The van der Waals surface area contributed by atoms with Gasteiger partial charge in [0.2, 0.25) is 11.2 Å². The Labute approximate surface area is 204 Å². The smallest absolute Gasteiger partial charge is 0.453 e. The summed E-state index contributed by atoms with van der Waals surface area (Å²) in [6, 6.07) is 9.46. The van der Waals surface area contributed by atoms with E-state index < -0.39 is 35.2 Å². The van der Waals surface area contributed by atoms with Gasteiger partial charge in [0.25, 0.3) is 5.76 Å². The first kappa shape index (κ1) is 25.4. The van der Waals surface area contributed by atoms with Gasteiger partial charge in [0.05, 0.1) is 12.5 Å². The molecule has 0 spiro atoms. The third-order valence-corrected chi connectivity index (χ3v) is 5.84. The Morgan fingerprint density at radius 2 is 1.64 bits per heavy atom. The number of carbonyl (C=O) groups is 1. The molecule has 1 aliphatic carbocycles. The minimum absolute atomic E-state index is 0.00166. The van der Waals surface area contributed by atoms with Crippen molar-refractivity contribution < 1.29 is 41.3 Å². The Balaban J connectivity index is 1.60. The summed E-state index contributed by atoms with van der Waals surface area (Å²) in [6.07, 6.45) is -1.51. The van der Waals surface area contributed by atoms with E-state index in [2.05, 4.69) is 0 Å². The summed E-state index contributed by atoms with van der Waals surface area (Å²) in [6.45, 7) is 1.48. The Morgan fingerprint density at radius 3 is 2.28 bits per heavy atom. The molecule has 7 nitrogen and oxygen atoms in total. The number of alkyl halides is 3. The monoisotopic (exact) mass is 506 g/mol. The molecule has 192 valence electrons. The van der Waals surface area contributed by atoms with Gasteiger partial charge < -0.3 is 23.4 Å². The molecular weight excluding hydrogens is 481 g/mol. The molecule has 0 bridgehead atoms. The zero-order valence-corrected chi connectivity index (χ0v) is 19.7. The van der Waals surface area contributed by atoms with Gasteiger partial charge in [-0.1, -0.05) is 6.42 Å². The van der Waals surface area contributed by atoms with Crippen LogP contribution in [0.4, 0.5) is 13.2 Å². The number of rotatable bonds is 7. The second-order valence-electron chi connectivity index (χ2n) is 8.48. The SMILES string of the molecule is COc1ccc(Oc2c(C(F)(F)F)oc3cc(O[C@H](C)C(=O)OC4CCCCC4)ccc3c2=O)cc1. The molecular formula is C26H25F3O7. The summed E-state index contributed by atoms with van der Waals surface area (Å²) in [5.41, 5.74) is -1.37. The zero-order valence-electron chi connectivity index (χ0n) is 19.7. The van der Waals surface area contributed by atoms with Crippen LogP contribution in [0.25, 0.3) is 11.0 Å². The Kier molecular flexibility index (Phi) is 7.42. The number of hydrogen-bond acceptors (Lipinski definition) is 7. The summed E-state index contributed by atoms with van der Waals surface area (Å²) in [4.78, 5) is 25.3. The van der Waals surface area contributed by atoms with Crippen molar-refractivity contribution in [3.8, 4) is 23.0 Å². The van der Waals surface area contributed by atoms with E-state index in [1.54, 1.807) is 0 Å². The Bertz CT molecular complexity index is 1280. The van der Waals surface area contributed by atoms with Crippen LogP contribution in [0.1, 0.15) is 44.8 Å². The number of fused-ring (bicyclic) bond motifs is 1. The number of esters is 1. The molecule has 4 rings (SSSR count). The predicted molar refractivity (Wildman–Crippen MR) is 124 cm³/mol. The van der Waals surface area contributed by atoms with Gasteiger partial charge in [-0.15, -0.1) is 0 Å². The molecule has 0 radical (unpaired) electrons. The fraction of sp³-hybridized carbons (Fsp3) is 0.385. The van der Waals surface area contributed by atoms with Crippen molar-refractivity contribution in [3.05, 3.63) is 58.4 Å². The van der Waals surface area contributed by atoms with E-state index >= 15 is 0 Å². The normalized spacial score (nSPS) is 15.4. The van der Waals surface area contributed by atoms with Crippen molar-refractivity contribution in [2.75, 3.05) is 7.11 Å². The van der Waals surface area contributed by atoms with Crippen LogP contribution >= 0.6 is 0 Å². The van der Waals surface area contributed by atoms with Crippen LogP contribution in [-0.2, 0) is 15.7 Å². The van der Waals surface area contributed by atoms with Crippen molar-refractivity contribution in [1.29, 1.82) is 0 Å². The largest absolute Gasteiger partial charge is 0.497 e. The quantitative estimate of drug-likeness (QED) is 0.350. The topological polar surface area (TPSA) is 84.2 Å². The lowest BCUT2D eigenvalue weighted by Gasteiger charge is -2.23. The van der Waals surface area contributed by atoms with Crippen LogP contribution in [0.3, 0.4) is 0 Å². The highest BCUT2D eigenvalue weighted by Crippen LogP contribution is 2.39. The molecule has 3 aromatic rings. The van der Waals surface area contributed by atoms with Gasteiger partial charge in [-0.2, -0.15) is 13.2 Å². The van der Waals surface area contributed by atoms with Crippen LogP contribution in [0.2, 0.25) is 0 Å². The van der Waals surface area contributed by atoms with Gasteiger partial charge >= 0.3 is 12.1 Å². The highest BCUT2D eigenvalue weighted by Gasteiger charge is 2.40. The molecule has 0 unspecified atom stereocenters. The molecule has 1 heterocycles. The van der Waals surface area contributed by atoms with Crippen molar-refractivity contribution in [2.45, 2.75) is 57.4 Å².